The van der Waals surface area contributed by atoms with Crippen LogP contribution in [-0.4, -0.2) is 22.8 Å². The second-order valence-electron chi connectivity index (χ2n) is 5.77. The minimum absolute atomic E-state index is 0.0192. The predicted molar refractivity (Wildman–Crippen MR) is 91.6 cm³/mol. The Kier molecular flexibility index (Phi) is 4.97. The van der Waals surface area contributed by atoms with Crippen LogP contribution < -0.4 is 5.32 Å². The van der Waals surface area contributed by atoms with E-state index >= 15 is 0 Å². The van der Waals surface area contributed by atoms with Gasteiger partial charge in [-0.2, -0.15) is 0 Å². The summed E-state index contributed by atoms with van der Waals surface area (Å²) in [6.45, 7) is 5.19. The van der Waals surface area contributed by atoms with Gasteiger partial charge >= 0.3 is 12.1 Å². The van der Waals surface area contributed by atoms with Crippen LogP contribution in [0.5, 0.6) is 0 Å². The van der Waals surface area contributed by atoms with Gasteiger partial charge in [0.2, 0.25) is 0 Å². The molecule has 122 valence electrons. The number of hydrogen-bond acceptors (Lipinski definition) is 4. The van der Waals surface area contributed by atoms with Crippen LogP contribution in [0.2, 0.25) is 5.02 Å². The number of nitrogens with one attached hydrogen (secondary N) is 1. The van der Waals surface area contributed by atoms with E-state index in [0.29, 0.717) is 15.5 Å². The highest BCUT2D eigenvalue weighted by molar-refractivity contribution is 7.18. The third-order valence-corrected chi connectivity index (χ3v) is 4.19. The molecule has 23 heavy (non-hydrogen) atoms. The first kappa shape index (κ1) is 17.3. The van der Waals surface area contributed by atoms with Crippen LogP contribution in [0.3, 0.4) is 0 Å². The van der Waals surface area contributed by atoms with E-state index in [-0.39, 0.29) is 10.6 Å². The van der Waals surface area contributed by atoms with E-state index in [1.165, 1.54) is 0 Å². The normalized spacial score (nSPS) is 11.1. The monoisotopic (exact) mass is 353 g/mol. The first-order valence-electron chi connectivity index (χ1n) is 6.79. The van der Waals surface area contributed by atoms with Crippen molar-refractivity contribution in [3.05, 3.63) is 40.2 Å². The van der Waals surface area contributed by atoms with E-state index in [9.17, 15) is 14.7 Å². The molecule has 2 aromatic rings. The van der Waals surface area contributed by atoms with Crippen molar-refractivity contribution >= 4 is 40.7 Å². The minimum Gasteiger partial charge on any atom is -0.477 e. The van der Waals surface area contributed by atoms with Gasteiger partial charge in [-0.3, -0.25) is 5.32 Å². The topological polar surface area (TPSA) is 75.6 Å². The lowest BCUT2D eigenvalue weighted by atomic mass is 10.2. The number of hydrogen-bond donors (Lipinski definition) is 2. The van der Waals surface area contributed by atoms with Crippen molar-refractivity contribution in [2.24, 2.45) is 0 Å². The SMILES string of the molecule is CC(C)(C)OC(=O)Nc1cc(-c2ccccc2Cl)sc1C(=O)O. The van der Waals surface area contributed by atoms with Gasteiger partial charge in [0.15, 0.2) is 0 Å². The number of carboxylic acid groups (broad SMARTS) is 1. The van der Waals surface area contributed by atoms with E-state index in [0.717, 1.165) is 11.3 Å². The number of ether oxygens (including phenoxy) is 1. The number of amides is 1. The summed E-state index contributed by atoms with van der Waals surface area (Å²) in [5, 5.41) is 12.3. The maximum absolute atomic E-state index is 11.9. The zero-order valence-corrected chi connectivity index (χ0v) is 14.4. The Bertz CT molecular complexity index is 749. The maximum atomic E-state index is 11.9. The Labute approximate surface area is 142 Å². The quantitative estimate of drug-likeness (QED) is 0.803. The van der Waals surface area contributed by atoms with Crippen molar-refractivity contribution in [1.29, 1.82) is 0 Å². The van der Waals surface area contributed by atoms with Gasteiger partial charge in [0.05, 0.1) is 5.69 Å². The molecule has 1 amide bonds. The summed E-state index contributed by atoms with van der Waals surface area (Å²) in [6, 6.07) is 8.69. The number of thiophene rings is 1. The van der Waals surface area contributed by atoms with Gasteiger partial charge in [0, 0.05) is 15.5 Å². The van der Waals surface area contributed by atoms with Crippen LogP contribution in [0, 0.1) is 0 Å². The molecule has 0 bridgehead atoms. The first-order valence-corrected chi connectivity index (χ1v) is 7.99. The van der Waals surface area contributed by atoms with Gasteiger partial charge in [-0.1, -0.05) is 29.8 Å². The van der Waals surface area contributed by atoms with Gasteiger partial charge in [-0.05, 0) is 32.9 Å². The summed E-state index contributed by atoms with van der Waals surface area (Å²) in [5.41, 5.74) is 0.222. The maximum Gasteiger partial charge on any atom is 0.412 e. The second-order valence-corrected chi connectivity index (χ2v) is 7.22. The van der Waals surface area contributed by atoms with E-state index in [4.69, 9.17) is 16.3 Å². The lowest BCUT2D eigenvalue weighted by Gasteiger charge is -2.19. The number of aromatic carboxylic acids is 1. The fourth-order valence-electron chi connectivity index (χ4n) is 1.85. The van der Waals surface area contributed by atoms with E-state index < -0.39 is 17.7 Å². The molecule has 1 aromatic carbocycles. The molecule has 0 saturated carbocycles. The average molecular weight is 354 g/mol. The fourth-order valence-corrected chi connectivity index (χ4v) is 3.14. The Morgan fingerprint density at radius 2 is 1.91 bits per heavy atom. The number of carbonyl (C=O) groups is 2. The standard InChI is InChI=1S/C16H16ClNO4S/c1-16(2,3)22-15(21)18-11-8-12(23-13(11)14(19)20)9-6-4-5-7-10(9)17/h4-8H,1-3H3,(H,18,21)(H,19,20). The third kappa shape index (κ3) is 4.46. The van der Waals surface area contributed by atoms with E-state index in [1.807, 2.05) is 6.07 Å². The van der Waals surface area contributed by atoms with Crippen LogP contribution in [-0.2, 0) is 4.74 Å². The summed E-state index contributed by atoms with van der Waals surface area (Å²) < 4.78 is 5.15. The van der Waals surface area contributed by atoms with Crippen LogP contribution in [0.1, 0.15) is 30.4 Å². The largest absolute Gasteiger partial charge is 0.477 e. The first-order chi connectivity index (χ1) is 10.7. The molecule has 0 fully saturated rings. The molecule has 1 heterocycles. The van der Waals surface area contributed by atoms with Crippen molar-refractivity contribution < 1.29 is 19.4 Å². The molecule has 2 rings (SSSR count). The highest BCUT2D eigenvalue weighted by atomic mass is 35.5. The third-order valence-electron chi connectivity index (χ3n) is 2.70. The molecular formula is C16H16ClNO4S. The second kappa shape index (κ2) is 6.60. The summed E-state index contributed by atoms with van der Waals surface area (Å²) in [6.07, 6.45) is -0.705. The average Bonchev–Trinajstić information content (AvgIpc) is 2.80. The number of halogens is 1. The minimum atomic E-state index is -1.13. The van der Waals surface area contributed by atoms with Gasteiger partial charge in [-0.15, -0.1) is 11.3 Å². The zero-order valence-electron chi connectivity index (χ0n) is 12.8. The molecule has 0 saturated heterocycles. The summed E-state index contributed by atoms with van der Waals surface area (Å²) >= 11 is 7.18. The molecule has 0 aliphatic rings. The van der Waals surface area contributed by atoms with Crippen molar-refractivity contribution in [2.75, 3.05) is 5.32 Å². The van der Waals surface area contributed by atoms with Crippen LogP contribution in [0.25, 0.3) is 10.4 Å². The molecule has 2 N–H and O–H groups in total. The van der Waals surface area contributed by atoms with Crippen LogP contribution in [0.4, 0.5) is 10.5 Å². The lowest BCUT2D eigenvalue weighted by Crippen LogP contribution is -2.27. The molecule has 0 aliphatic heterocycles. The number of anilines is 1. The summed E-state index contributed by atoms with van der Waals surface area (Å²) in [7, 11) is 0. The van der Waals surface area contributed by atoms with Crippen molar-refractivity contribution in [3.63, 3.8) is 0 Å². The van der Waals surface area contributed by atoms with Crippen molar-refractivity contribution in [2.45, 2.75) is 26.4 Å². The number of rotatable bonds is 3. The molecule has 7 heteroatoms. The molecule has 0 spiro atoms. The number of carboxylic acids is 1. The predicted octanol–water partition coefficient (Wildman–Crippen LogP) is 5.11. The Morgan fingerprint density at radius 1 is 1.26 bits per heavy atom. The lowest BCUT2D eigenvalue weighted by molar-refractivity contribution is 0.0636. The van der Waals surface area contributed by atoms with Gasteiger partial charge in [-0.25, -0.2) is 9.59 Å². The van der Waals surface area contributed by atoms with Gasteiger partial charge in [0.1, 0.15) is 10.5 Å². The van der Waals surface area contributed by atoms with Crippen LogP contribution in [0.15, 0.2) is 30.3 Å². The fraction of sp³-hybridized carbons (Fsp3) is 0.250. The van der Waals surface area contributed by atoms with Crippen molar-refractivity contribution in [3.8, 4) is 10.4 Å². The molecule has 0 aliphatic carbocycles. The smallest absolute Gasteiger partial charge is 0.412 e. The summed E-state index contributed by atoms with van der Waals surface area (Å²) in [5.74, 6) is -1.13. The van der Waals surface area contributed by atoms with E-state index in [1.54, 1.807) is 45.0 Å². The van der Waals surface area contributed by atoms with Crippen molar-refractivity contribution in [1.82, 2.24) is 0 Å². The number of benzene rings is 1. The highest BCUT2D eigenvalue weighted by Crippen LogP contribution is 2.38. The molecular weight excluding hydrogens is 338 g/mol. The molecule has 0 unspecified atom stereocenters. The van der Waals surface area contributed by atoms with Gasteiger partial charge in [0.25, 0.3) is 0 Å². The highest BCUT2D eigenvalue weighted by Gasteiger charge is 2.22. The molecule has 1 aromatic heterocycles. The molecule has 0 atom stereocenters. The zero-order chi connectivity index (χ0) is 17.2. The number of carbonyl (C=O) groups excluding carboxylic acids is 1. The van der Waals surface area contributed by atoms with Crippen LogP contribution >= 0.6 is 22.9 Å². The molecule has 5 nitrogen and oxygen atoms in total. The Hall–Kier alpha value is -2.05. The Balaban J connectivity index is 2.35. The van der Waals surface area contributed by atoms with Gasteiger partial charge < -0.3 is 9.84 Å². The van der Waals surface area contributed by atoms with E-state index in [2.05, 4.69) is 5.32 Å². The Morgan fingerprint density at radius 3 is 2.48 bits per heavy atom. The summed E-state index contributed by atoms with van der Waals surface area (Å²) in [4.78, 5) is 23.9. The molecule has 0 radical (unpaired) electrons.